The van der Waals surface area contributed by atoms with E-state index in [9.17, 15) is 40.5 Å². The summed E-state index contributed by atoms with van der Waals surface area (Å²) in [4.78, 5) is 41.4. The Morgan fingerprint density at radius 2 is 0.967 bits per heavy atom. The van der Waals surface area contributed by atoms with Gasteiger partial charge in [0.25, 0.3) is 22.7 Å². The normalized spacial score (nSPS) is 10.5. The minimum Gasteiger partial charge on any atom is -0.258 e. The van der Waals surface area contributed by atoms with Gasteiger partial charge in [-0.1, -0.05) is 43.2 Å². The number of nitro groups is 4. The molecule has 0 aliphatic rings. The van der Waals surface area contributed by atoms with Crippen LogP contribution in [0.15, 0.2) is 46.2 Å². The van der Waals surface area contributed by atoms with Crippen molar-refractivity contribution in [3.63, 3.8) is 0 Å². The number of benzene rings is 2. The van der Waals surface area contributed by atoms with E-state index in [1.54, 1.807) is 0 Å². The van der Waals surface area contributed by atoms with Gasteiger partial charge in [-0.2, -0.15) is 0 Å². The van der Waals surface area contributed by atoms with Crippen LogP contribution < -0.4 is 0 Å². The van der Waals surface area contributed by atoms with Gasteiger partial charge in [-0.15, -0.1) is 0 Å². The van der Waals surface area contributed by atoms with Crippen LogP contribution in [-0.2, 0) is 0 Å². The van der Waals surface area contributed by atoms with Crippen molar-refractivity contribution in [1.29, 1.82) is 0 Å². The van der Waals surface area contributed by atoms with E-state index in [2.05, 4.69) is 0 Å². The second-order valence-electron chi connectivity index (χ2n) is 5.14. The zero-order valence-corrected chi connectivity index (χ0v) is 17.8. The van der Waals surface area contributed by atoms with Crippen molar-refractivity contribution in [2.75, 3.05) is 11.5 Å². The molecule has 0 amide bonds. The topological polar surface area (TPSA) is 173 Å². The van der Waals surface area contributed by atoms with E-state index >= 15 is 0 Å². The molecule has 0 unspecified atom stereocenters. The Morgan fingerprint density at radius 3 is 1.27 bits per heavy atom. The van der Waals surface area contributed by atoms with Crippen molar-refractivity contribution >= 4 is 65.9 Å². The maximum Gasteiger partial charge on any atom is 0.290 e. The van der Waals surface area contributed by atoms with Gasteiger partial charge in [-0.3, -0.25) is 40.5 Å². The zero-order chi connectivity index (χ0) is 22.3. The summed E-state index contributed by atoms with van der Waals surface area (Å²) < 4.78 is 0. The third kappa shape index (κ3) is 6.48. The molecule has 158 valence electrons. The highest BCUT2D eigenvalue weighted by Gasteiger charge is 2.21. The first-order valence-corrected chi connectivity index (χ1v) is 12.3. The van der Waals surface area contributed by atoms with Crippen molar-refractivity contribution in [3.8, 4) is 0 Å². The molecule has 0 heterocycles. The van der Waals surface area contributed by atoms with Crippen molar-refractivity contribution in [2.45, 2.75) is 9.79 Å². The molecule has 0 N–H and O–H groups in total. The summed E-state index contributed by atoms with van der Waals surface area (Å²) in [5.41, 5.74) is -1.45. The molecule has 0 aliphatic heterocycles. The molecule has 12 nitrogen and oxygen atoms in total. The number of hydrogen-bond donors (Lipinski definition) is 0. The lowest BCUT2D eigenvalue weighted by molar-refractivity contribution is -0.396. The minimum absolute atomic E-state index is 0.277. The molecule has 2 rings (SSSR count). The Hall–Kier alpha value is -2.56. The number of nitrogens with zero attached hydrogens (tertiary/aromatic N) is 4. The summed E-state index contributed by atoms with van der Waals surface area (Å²) in [6, 6.07) is 6.82. The van der Waals surface area contributed by atoms with E-state index in [1.165, 1.54) is 45.9 Å². The Morgan fingerprint density at radius 1 is 0.600 bits per heavy atom. The molecule has 30 heavy (non-hydrogen) atoms. The molecule has 0 aliphatic carbocycles. The predicted octanol–water partition coefficient (Wildman–Crippen LogP) is 5.50. The van der Waals surface area contributed by atoms with Crippen LogP contribution >= 0.6 is 43.2 Å². The molecule has 0 saturated carbocycles. The van der Waals surface area contributed by atoms with Crippen LogP contribution in [0.3, 0.4) is 0 Å². The van der Waals surface area contributed by atoms with Gasteiger partial charge < -0.3 is 0 Å². The summed E-state index contributed by atoms with van der Waals surface area (Å²) in [6.07, 6.45) is 0. The quantitative estimate of drug-likeness (QED) is 0.168. The van der Waals surface area contributed by atoms with Crippen LogP contribution in [0.1, 0.15) is 0 Å². The highest BCUT2D eigenvalue weighted by atomic mass is 33.1. The standard InChI is InChI=1S/C14H10N4O8S4/c19-15(20)9-1-3-13(11(7-9)17(23)24)29-27-5-6-28-30-14-4-2-10(16(21)22)8-12(14)18(25)26/h1-4,7-8H,5-6H2. The lowest BCUT2D eigenvalue weighted by Gasteiger charge is -2.04. The lowest BCUT2D eigenvalue weighted by atomic mass is 10.3. The van der Waals surface area contributed by atoms with E-state index in [1.807, 2.05) is 0 Å². The third-order valence-corrected chi connectivity index (χ3v) is 8.32. The molecule has 0 fully saturated rings. The van der Waals surface area contributed by atoms with Crippen molar-refractivity contribution < 1.29 is 19.7 Å². The fourth-order valence-corrected chi connectivity index (χ4v) is 6.93. The molecule has 0 spiro atoms. The van der Waals surface area contributed by atoms with Gasteiger partial charge in [0.2, 0.25) is 0 Å². The van der Waals surface area contributed by atoms with Gasteiger partial charge in [0, 0.05) is 23.6 Å². The largest absolute Gasteiger partial charge is 0.290 e. The summed E-state index contributed by atoms with van der Waals surface area (Å²) in [5, 5.41) is 43.7. The van der Waals surface area contributed by atoms with Gasteiger partial charge in [0.15, 0.2) is 0 Å². The summed E-state index contributed by atoms with van der Waals surface area (Å²) >= 11 is 0. The fourth-order valence-electron chi connectivity index (χ4n) is 1.94. The van der Waals surface area contributed by atoms with E-state index < -0.39 is 19.7 Å². The van der Waals surface area contributed by atoms with E-state index in [0.717, 1.165) is 33.7 Å². The highest BCUT2D eigenvalue weighted by molar-refractivity contribution is 8.78. The predicted molar refractivity (Wildman–Crippen MR) is 116 cm³/mol. The summed E-state index contributed by atoms with van der Waals surface area (Å²) in [7, 11) is 4.78. The Bertz CT molecular complexity index is 926. The molecule has 0 aromatic heterocycles. The molecule has 0 saturated heterocycles. The maximum absolute atomic E-state index is 11.1. The van der Waals surface area contributed by atoms with Crippen LogP contribution in [0.5, 0.6) is 0 Å². The smallest absolute Gasteiger partial charge is 0.258 e. The van der Waals surface area contributed by atoms with E-state index in [4.69, 9.17) is 0 Å². The van der Waals surface area contributed by atoms with Gasteiger partial charge in [-0.05, 0) is 12.1 Å². The molecule has 0 radical (unpaired) electrons. The fraction of sp³-hybridized carbons (Fsp3) is 0.143. The average molecular weight is 491 g/mol. The van der Waals surface area contributed by atoms with Crippen molar-refractivity contribution in [3.05, 3.63) is 76.9 Å². The number of non-ortho nitro benzene ring substituents is 2. The van der Waals surface area contributed by atoms with Crippen molar-refractivity contribution in [2.24, 2.45) is 0 Å². The van der Waals surface area contributed by atoms with Gasteiger partial charge >= 0.3 is 0 Å². The van der Waals surface area contributed by atoms with Gasteiger partial charge in [0.05, 0.1) is 41.6 Å². The monoisotopic (exact) mass is 490 g/mol. The van der Waals surface area contributed by atoms with E-state index in [0.29, 0.717) is 11.5 Å². The first-order valence-electron chi connectivity index (χ1n) is 7.65. The maximum atomic E-state index is 11.1. The Balaban J connectivity index is 1.88. The van der Waals surface area contributed by atoms with Gasteiger partial charge in [0.1, 0.15) is 0 Å². The molecular formula is C14H10N4O8S4. The minimum atomic E-state index is -0.708. The third-order valence-electron chi connectivity index (χ3n) is 3.25. The second-order valence-corrected chi connectivity index (χ2v) is 10.1. The van der Waals surface area contributed by atoms with Crippen LogP contribution in [0.4, 0.5) is 22.7 Å². The molecule has 16 heteroatoms. The molecule has 2 aromatic carbocycles. The average Bonchev–Trinajstić information content (AvgIpc) is 2.70. The summed E-state index contributed by atoms with van der Waals surface area (Å²) in [6.45, 7) is 0. The Kier molecular flexibility index (Phi) is 8.70. The Labute approximate surface area is 183 Å². The molecule has 0 atom stereocenters. The van der Waals surface area contributed by atoms with Crippen LogP contribution in [0.25, 0.3) is 0 Å². The molecular weight excluding hydrogens is 480 g/mol. The number of hydrogen-bond acceptors (Lipinski definition) is 12. The molecule has 2 aromatic rings. The first-order chi connectivity index (χ1) is 14.2. The number of nitro benzene ring substituents is 4. The first kappa shape index (κ1) is 23.7. The van der Waals surface area contributed by atoms with Crippen molar-refractivity contribution in [1.82, 2.24) is 0 Å². The number of rotatable bonds is 11. The second kappa shape index (κ2) is 11.0. The SMILES string of the molecule is O=[N+]([O-])c1ccc(SSCCSSc2ccc([N+](=O)[O-])cc2[N+](=O)[O-])c([N+](=O)[O-])c1. The van der Waals surface area contributed by atoms with Gasteiger partial charge in [-0.25, -0.2) is 0 Å². The lowest BCUT2D eigenvalue weighted by Crippen LogP contribution is -1.94. The van der Waals surface area contributed by atoms with Crippen LogP contribution in [0.2, 0.25) is 0 Å². The van der Waals surface area contributed by atoms with Crippen LogP contribution in [0, 0.1) is 40.5 Å². The highest BCUT2D eigenvalue weighted by Crippen LogP contribution is 2.42. The van der Waals surface area contributed by atoms with Crippen LogP contribution in [-0.4, -0.2) is 31.2 Å². The van der Waals surface area contributed by atoms with E-state index in [-0.39, 0.29) is 32.5 Å². The summed E-state index contributed by atoms with van der Waals surface area (Å²) in [5.74, 6) is 1.05. The molecule has 0 bridgehead atoms. The zero-order valence-electron chi connectivity index (χ0n) is 14.6.